The summed E-state index contributed by atoms with van der Waals surface area (Å²) in [6.07, 6.45) is 1.66. The Morgan fingerprint density at radius 2 is 1.92 bits per heavy atom. The van der Waals surface area contributed by atoms with E-state index in [1.807, 2.05) is 24.3 Å². The van der Waals surface area contributed by atoms with Gasteiger partial charge in [-0.05, 0) is 52.0 Å². The van der Waals surface area contributed by atoms with Crippen LogP contribution in [0.5, 0.6) is 11.5 Å². The maximum Gasteiger partial charge on any atom is 0.338 e. The lowest BCUT2D eigenvalue weighted by Crippen LogP contribution is -2.40. The first-order valence-corrected chi connectivity index (χ1v) is 13.1. The van der Waals surface area contributed by atoms with E-state index in [1.165, 1.54) is 15.9 Å². The monoisotopic (exact) mass is 521 g/mol. The highest BCUT2D eigenvalue weighted by Crippen LogP contribution is 2.35. The van der Waals surface area contributed by atoms with E-state index in [9.17, 15) is 14.7 Å². The van der Waals surface area contributed by atoms with Crippen LogP contribution in [-0.2, 0) is 9.53 Å². The summed E-state index contributed by atoms with van der Waals surface area (Å²) in [7, 11) is 1.55. The topological polar surface area (TPSA) is 93.4 Å². The van der Waals surface area contributed by atoms with Gasteiger partial charge in [0.2, 0.25) is 0 Å². The van der Waals surface area contributed by atoms with Crippen LogP contribution in [0.15, 0.2) is 63.5 Å². The summed E-state index contributed by atoms with van der Waals surface area (Å²) in [6, 6.07) is 11.9. The lowest BCUT2D eigenvalue weighted by Gasteiger charge is -2.25. The summed E-state index contributed by atoms with van der Waals surface area (Å²) in [4.78, 5) is 34.0. The number of benzene rings is 2. The van der Waals surface area contributed by atoms with E-state index in [1.54, 1.807) is 45.2 Å². The van der Waals surface area contributed by atoms with E-state index in [2.05, 4.69) is 23.7 Å². The summed E-state index contributed by atoms with van der Waals surface area (Å²) < 4.78 is 12.8. The zero-order chi connectivity index (χ0) is 26.7. The van der Waals surface area contributed by atoms with Crippen LogP contribution in [0.2, 0.25) is 0 Å². The normalized spacial score (nSPS) is 15.3. The molecule has 8 nitrogen and oxygen atoms in total. The van der Waals surface area contributed by atoms with Gasteiger partial charge in [-0.3, -0.25) is 9.36 Å². The quantitative estimate of drug-likeness (QED) is 0.457. The summed E-state index contributed by atoms with van der Waals surface area (Å²) in [5.74, 6) is 0.0988. The molecule has 194 valence electrons. The summed E-state index contributed by atoms with van der Waals surface area (Å²) >= 11 is 1.21. The fourth-order valence-corrected chi connectivity index (χ4v) is 5.60. The molecule has 37 heavy (non-hydrogen) atoms. The Balaban J connectivity index is 1.92. The lowest BCUT2D eigenvalue weighted by molar-refractivity contribution is -0.139. The molecule has 1 aliphatic rings. The maximum absolute atomic E-state index is 13.8. The van der Waals surface area contributed by atoms with Gasteiger partial charge in [0, 0.05) is 36.0 Å². The number of ether oxygens (including phenoxy) is 2. The average Bonchev–Trinajstić information content (AvgIpc) is 3.19. The van der Waals surface area contributed by atoms with Gasteiger partial charge < -0.3 is 19.5 Å². The number of phenolic OH excluding ortho intramolecular Hbond substituents is 1. The molecule has 0 amide bonds. The van der Waals surface area contributed by atoms with Crippen molar-refractivity contribution in [1.82, 2.24) is 4.57 Å². The number of carbonyl (C=O) groups excluding carboxylic acids is 1. The van der Waals surface area contributed by atoms with E-state index in [4.69, 9.17) is 9.47 Å². The Bertz CT molecular complexity index is 1530. The van der Waals surface area contributed by atoms with Gasteiger partial charge in [0.15, 0.2) is 4.80 Å². The van der Waals surface area contributed by atoms with E-state index in [0.717, 1.165) is 18.8 Å². The zero-order valence-electron chi connectivity index (χ0n) is 21.6. The van der Waals surface area contributed by atoms with Gasteiger partial charge in [0.25, 0.3) is 5.56 Å². The molecule has 1 aromatic heterocycles. The molecule has 0 radical (unpaired) electrons. The van der Waals surface area contributed by atoms with Gasteiger partial charge in [-0.15, -0.1) is 0 Å². The fraction of sp³-hybridized carbons (Fsp3) is 0.321. The molecule has 0 unspecified atom stereocenters. The molecule has 0 fully saturated rings. The number of aromatic hydroxyl groups is 1. The highest BCUT2D eigenvalue weighted by molar-refractivity contribution is 7.07. The van der Waals surface area contributed by atoms with Crippen LogP contribution in [0.4, 0.5) is 5.69 Å². The van der Waals surface area contributed by atoms with Crippen molar-refractivity contribution in [2.75, 3.05) is 31.7 Å². The van der Waals surface area contributed by atoms with Crippen molar-refractivity contribution in [2.24, 2.45) is 4.99 Å². The molecule has 4 rings (SSSR count). The molecule has 0 spiro atoms. The number of aromatic nitrogens is 1. The standard InChI is InChI=1S/C28H31N3O5S/c1-6-30(7-2)19-14-13-18(21(32)16-19)15-23-26(33)31-25(20-11-9-10-12-22(20)35-5)24(27(34)36-8-3)17(4)29-28(31)37-23/h9-16,25,32H,6-8H2,1-5H3/b23-15+/t25-/m0/s1. The number of fused-ring (bicyclic) bond motifs is 1. The third-order valence-corrected chi connectivity index (χ3v) is 7.36. The van der Waals surface area contributed by atoms with Crippen molar-refractivity contribution in [3.8, 4) is 11.5 Å². The third kappa shape index (κ3) is 4.91. The molecule has 3 aromatic rings. The number of hydrogen-bond donors (Lipinski definition) is 1. The van der Waals surface area contributed by atoms with Gasteiger partial charge in [-0.2, -0.15) is 0 Å². The molecular formula is C28H31N3O5S. The molecule has 2 heterocycles. The predicted octanol–water partition coefficient (Wildman–Crippen LogP) is 3.36. The van der Waals surface area contributed by atoms with E-state index < -0.39 is 12.0 Å². The number of anilines is 1. The number of esters is 1. The number of rotatable bonds is 8. The smallest absolute Gasteiger partial charge is 0.338 e. The summed E-state index contributed by atoms with van der Waals surface area (Å²) in [5, 5.41) is 10.7. The second kappa shape index (κ2) is 11.0. The highest BCUT2D eigenvalue weighted by atomic mass is 32.1. The molecule has 1 N–H and O–H groups in total. The molecule has 2 aromatic carbocycles. The van der Waals surface area contributed by atoms with Crippen molar-refractivity contribution in [3.05, 3.63) is 84.5 Å². The van der Waals surface area contributed by atoms with Crippen LogP contribution in [0.1, 0.15) is 44.9 Å². The molecule has 0 saturated heterocycles. The molecule has 0 bridgehead atoms. The number of para-hydroxylation sites is 1. The molecule has 1 aliphatic heterocycles. The largest absolute Gasteiger partial charge is 0.507 e. The van der Waals surface area contributed by atoms with Crippen LogP contribution in [0, 0.1) is 0 Å². The maximum atomic E-state index is 13.8. The minimum atomic E-state index is -0.771. The van der Waals surface area contributed by atoms with E-state index in [-0.39, 0.29) is 23.5 Å². The van der Waals surface area contributed by atoms with Crippen molar-refractivity contribution in [2.45, 2.75) is 33.7 Å². The first-order valence-electron chi connectivity index (χ1n) is 12.2. The SMILES string of the molecule is CCOC(=O)C1=C(C)N=c2s/c(=C/c3ccc(N(CC)CC)cc3O)c(=O)n2[C@H]1c1ccccc1OC. The van der Waals surface area contributed by atoms with Crippen molar-refractivity contribution in [3.63, 3.8) is 0 Å². The van der Waals surface area contributed by atoms with Crippen LogP contribution < -0.4 is 24.5 Å². The van der Waals surface area contributed by atoms with Crippen molar-refractivity contribution >= 4 is 29.1 Å². The van der Waals surface area contributed by atoms with Gasteiger partial charge in [0.1, 0.15) is 17.5 Å². The Labute approximate surface area is 219 Å². The highest BCUT2D eigenvalue weighted by Gasteiger charge is 2.34. The Morgan fingerprint density at radius 1 is 1.19 bits per heavy atom. The van der Waals surface area contributed by atoms with Crippen LogP contribution >= 0.6 is 11.3 Å². The zero-order valence-corrected chi connectivity index (χ0v) is 22.5. The predicted molar refractivity (Wildman–Crippen MR) is 145 cm³/mol. The number of carbonyl (C=O) groups is 1. The molecule has 0 saturated carbocycles. The van der Waals surface area contributed by atoms with Gasteiger partial charge >= 0.3 is 5.97 Å². The molecule has 1 atom stereocenters. The summed E-state index contributed by atoms with van der Waals surface area (Å²) in [6.45, 7) is 9.42. The second-order valence-corrected chi connectivity index (χ2v) is 9.47. The van der Waals surface area contributed by atoms with E-state index in [0.29, 0.717) is 31.9 Å². The summed E-state index contributed by atoms with van der Waals surface area (Å²) in [5.41, 5.74) is 2.54. The van der Waals surface area contributed by atoms with Gasteiger partial charge in [-0.1, -0.05) is 29.5 Å². The van der Waals surface area contributed by atoms with Gasteiger partial charge in [-0.25, -0.2) is 9.79 Å². The number of allylic oxidation sites excluding steroid dienone is 1. The number of thiazole rings is 1. The molecular weight excluding hydrogens is 490 g/mol. The minimum Gasteiger partial charge on any atom is -0.507 e. The molecule has 9 heteroatoms. The fourth-order valence-electron chi connectivity index (χ4n) is 4.56. The second-order valence-electron chi connectivity index (χ2n) is 8.46. The van der Waals surface area contributed by atoms with Crippen LogP contribution in [0.25, 0.3) is 6.08 Å². The lowest BCUT2D eigenvalue weighted by atomic mass is 9.95. The number of hydrogen-bond acceptors (Lipinski definition) is 8. The van der Waals surface area contributed by atoms with Gasteiger partial charge in [0.05, 0.1) is 29.5 Å². The number of methoxy groups -OCH3 is 1. The minimum absolute atomic E-state index is 0.0832. The van der Waals surface area contributed by atoms with Crippen molar-refractivity contribution < 1.29 is 19.4 Å². The average molecular weight is 522 g/mol. The Morgan fingerprint density at radius 3 is 2.57 bits per heavy atom. The third-order valence-electron chi connectivity index (χ3n) is 6.38. The van der Waals surface area contributed by atoms with E-state index >= 15 is 0 Å². The van der Waals surface area contributed by atoms with Crippen LogP contribution in [0.3, 0.4) is 0 Å². The number of phenols is 1. The van der Waals surface area contributed by atoms with Crippen LogP contribution in [-0.4, -0.2) is 42.4 Å². The molecule has 0 aliphatic carbocycles. The first-order chi connectivity index (χ1) is 17.8. The number of nitrogens with zero attached hydrogens (tertiary/aromatic N) is 3. The Kier molecular flexibility index (Phi) is 7.83. The van der Waals surface area contributed by atoms with Crippen molar-refractivity contribution in [1.29, 1.82) is 0 Å². The first kappa shape index (κ1) is 26.2. The Hall–Kier alpha value is -3.85.